The molecule has 1 aromatic heterocycles. The minimum absolute atomic E-state index is 0.0244. The fraction of sp³-hybridized carbons (Fsp3) is 0.438. The Bertz CT molecular complexity index is 691. The number of nitrogens with two attached hydrogens (primary N) is 1. The summed E-state index contributed by atoms with van der Waals surface area (Å²) in [4.78, 5) is 14.2. The number of aromatic nitrogens is 3. The highest BCUT2D eigenvalue weighted by molar-refractivity contribution is 7.99. The Kier molecular flexibility index (Phi) is 5.82. The number of nitrogens with zero attached hydrogens (tertiary/aromatic N) is 4. The van der Waals surface area contributed by atoms with Crippen molar-refractivity contribution in [1.29, 1.82) is 0 Å². The van der Waals surface area contributed by atoms with Crippen LogP contribution in [-0.4, -0.2) is 43.5 Å². The van der Waals surface area contributed by atoms with E-state index >= 15 is 0 Å². The Hall–Kier alpha value is -2.09. The van der Waals surface area contributed by atoms with E-state index in [9.17, 15) is 9.18 Å². The summed E-state index contributed by atoms with van der Waals surface area (Å²) in [5, 5.41) is 8.49. The van der Waals surface area contributed by atoms with Crippen molar-refractivity contribution in [3.63, 3.8) is 0 Å². The van der Waals surface area contributed by atoms with Gasteiger partial charge in [0.15, 0.2) is 5.82 Å². The molecule has 0 aliphatic rings. The molecule has 130 valence electrons. The standard InChI is InChI=1S/C16H22FN5OS/c1-10(2)21(11(3)4)14(23)9-24-16-20-19-15(22(16)18)12-5-7-13(17)8-6-12/h5-8,10-11H,9,18H2,1-4H3. The van der Waals surface area contributed by atoms with E-state index in [-0.39, 0.29) is 29.6 Å². The largest absolute Gasteiger partial charge is 0.337 e. The molecular weight excluding hydrogens is 329 g/mol. The molecule has 1 aromatic carbocycles. The van der Waals surface area contributed by atoms with E-state index in [1.807, 2.05) is 32.6 Å². The van der Waals surface area contributed by atoms with Crippen LogP contribution in [0, 0.1) is 5.82 Å². The number of halogens is 1. The van der Waals surface area contributed by atoms with Gasteiger partial charge in [0, 0.05) is 17.6 Å². The van der Waals surface area contributed by atoms with E-state index in [2.05, 4.69) is 10.2 Å². The zero-order valence-corrected chi connectivity index (χ0v) is 15.0. The second-order valence-electron chi connectivity index (χ2n) is 5.96. The lowest BCUT2D eigenvalue weighted by Gasteiger charge is -2.30. The average Bonchev–Trinajstić information content (AvgIpc) is 2.86. The number of amides is 1. The van der Waals surface area contributed by atoms with E-state index in [1.165, 1.54) is 28.6 Å². The van der Waals surface area contributed by atoms with Crippen molar-refractivity contribution in [2.24, 2.45) is 0 Å². The third kappa shape index (κ3) is 4.05. The highest BCUT2D eigenvalue weighted by atomic mass is 32.2. The average molecular weight is 351 g/mol. The second kappa shape index (κ2) is 7.65. The van der Waals surface area contributed by atoms with Crippen molar-refractivity contribution in [3.8, 4) is 11.4 Å². The summed E-state index contributed by atoms with van der Waals surface area (Å²) in [6, 6.07) is 6.10. The van der Waals surface area contributed by atoms with Crippen molar-refractivity contribution in [3.05, 3.63) is 30.1 Å². The van der Waals surface area contributed by atoms with Gasteiger partial charge in [0.1, 0.15) is 5.82 Å². The molecule has 0 aliphatic heterocycles. The summed E-state index contributed by atoms with van der Waals surface area (Å²) >= 11 is 1.24. The molecule has 0 atom stereocenters. The van der Waals surface area contributed by atoms with Crippen LogP contribution in [0.5, 0.6) is 0 Å². The van der Waals surface area contributed by atoms with Gasteiger partial charge in [-0.05, 0) is 52.0 Å². The van der Waals surface area contributed by atoms with Gasteiger partial charge in [0.25, 0.3) is 0 Å². The molecular formula is C16H22FN5OS. The number of carbonyl (C=O) groups is 1. The first-order valence-corrected chi connectivity index (χ1v) is 8.70. The quantitative estimate of drug-likeness (QED) is 0.639. The normalized spacial score (nSPS) is 11.3. The van der Waals surface area contributed by atoms with Crippen molar-refractivity contribution in [1.82, 2.24) is 19.8 Å². The van der Waals surface area contributed by atoms with Crippen LogP contribution in [-0.2, 0) is 4.79 Å². The molecule has 0 aliphatic carbocycles. The predicted molar refractivity (Wildman–Crippen MR) is 93.4 cm³/mol. The summed E-state index contributed by atoms with van der Waals surface area (Å²) in [5.41, 5.74) is 0.663. The summed E-state index contributed by atoms with van der Waals surface area (Å²) in [6.07, 6.45) is 0. The lowest BCUT2D eigenvalue weighted by atomic mass is 10.2. The molecule has 8 heteroatoms. The van der Waals surface area contributed by atoms with Crippen LogP contribution < -0.4 is 5.84 Å². The molecule has 0 bridgehead atoms. The van der Waals surface area contributed by atoms with Gasteiger partial charge in [-0.1, -0.05) is 11.8 Å². The number of rotatable bonds is 6. The number of hydrogen-bond acceptors (Lipinski definition) is 5. The minimum atomic E-state index is -0.329. The first-order chi connectivity index (χ1) is 11.3. The first kappa shape index (κ1) is 18.3. The molecule has 0 saturated heterocycles. The van der Waals surface area contributed by atoms with Gasteiger partial charge in [0.05, 0.1) is 5.75 Å². The lowest BCUT2D eigenvalue weighted by Crippen LogP contribution is -2.43. The molecule has 2 N–H and O–H groups in total. The molecule has 0 spiro atoms. The van der Waals surface area contributed by atoms with E-state index in [1.54, 1.807) is 12.1 Å². The maximum Gasteiger partial charge on any atom is 0.233 e. The number of benzene rings is 1. The molecule has 0 unspecified atom stereocenters. The number of thioether (sulfide) groups is 1. The van der Waals surface area contributed by atoms with Crippen LogP contribution in [0.2, 0.25) is 0 Å². The maximum atomic E-state index is 13.0. The van der Waals surface area contributed by atoms with Crippen molar-refractivity contribution < 1.29 is 9.18 Å². The highest BCUT2D eigenvalue weighted by Gasteiger charge is 2.21. The maximum absolute atomic E-state index is 13.0. The predicted octanol–water partition coefficient (Wildman–Crippen LogP) is 2.54. The smallest absolute Gasteiger partial charge is 0.233 e. The Balaban J connectivity index is 2.09. The Morgan fingerprint density at radius 1 is 1.21 bits per heavy atom. The third-order valence-corrected chi connectivity index (χ3v) is 4.42. The van der Waals surface area contributed by atoms with Gasteiger partial charge in [0.2, 0.25) is 11.1 Å². The van der Waals surface area contributed by atoms with E-state index in [4.69, 9.17) is 5.84 Å². The molecule has 24 heavy (non-hydrogen) atoms. The zero-order valence-electron chi connectivity index (χ0n) is 14.2. The summed E-state index contributed by atoms with van der Waals surface area (Å²) in [5.74, 6) is 6.36. The van der Waals surface area contributed by atoms with Crippen LogP contribution in [0.15, 0.2) is 29.4 Å². The fourth-order valence-electron chi connectivity index (χ4n) is 2.54. The van der Waals surface area contributed by atoms with Crippen molar-refractivity contribution in [2.75, 3.05) is 11.6 Å². The van der Waals surface area contributed by atoms with Gasteiger partial charge in [-0.2, -0.15) is 0 Å². The molecule has 0 fully saturated rings. The molecule has 0 radical (unpaired) electrons. The van der Waals surface area contributed by atoms with Crippen LogP contribution in [0.1, 0.15) is 27.7 Å². The number of nitrogen functional groups attached to an aromatic ring is 1. The molecule has 1 heterocycles. The Morgan fingerprint density at radius 2 is 1.79 bits per heavy atom. The topological polar surface area (TPSA) is 77.0 Å². The summed E-state index contributed by atoms with van der Waals surface area (Å²) in [6.45, 7) is 7.95. The molecule has 6 nitrogen and oxygen atoms in total. The summed E-state index contributed by atoms with van der Waals surface area (Å²) < 4.78 is 14.3. The number of carbonyl (C=O) groups excluding carboxylic acids is 1. The van der Waals surface area contributed by atoms with Crippen molar-refractivity contribution >= 4 is 17.7 Å². The van der Waals surface area contributed by atoms with Crippen LogP contribution in [0.4, 0.5) is 4.39 Å². The molecule has 1 amide bonds. The van der Waals surface area contributed by atoms with E-state index in [0.29, 0.717) is 16.5 Å². The molecule has 2 aromatic rings. The monoisotopic (exact) mass is 351 g/mol. The van der Waals surface area contributed by atoms with E-state index in [0.717, 1.165) is 0 Å². The molecule has 2 rings (SSSR count). The Morgan fingerprint density at radius 3 is 2.33 bits per heavy atom. The van der Waals surface area contributed by atoms with Crippen LogP contribution in [0.3, 0.4) is 0 Å². The fourth-order valence-corrected chi connectivity index (χ4v) is 3.27. The SMILES string of the molecule is CC(C)N(C(=O)CSc1nnc(-c2ccc(F)cc2)n1N)C(C)C. The zero-order chi connectivity index (χ0) is 17.9. The van der Waals surface area contributed by atoms with Crippen LogP contribution >= 0.6 is 11.8 Å². The molecule has 0 saturated carbocycles. The minimum Gasteiger partial charge on any atom is -0.337 e. The van der Waals surface area contributed by atoms with E-state index < -0.39 is 0 Å². The van der Waals surface area contributed by atoms with Gasteiger partial charge in [-0.15, -0.1) is 10.2 Å². The van der Waals surface area contributed by atoms with Gasteiger partial charge < -0.3 is 10.7 Å². The second-order valence-corrected chi connectivity index (χ2v) is 6.90. The highest BCUT2D eigenvalue weighted by Crippen LogP contribution is 2.22. The summed E-state index contributed by atoms with van der Waals surface area (Å²) in [7, 11) is 0. The van der Waals surface area contributed by atoms with Gasteiger partial charge in [-0.3, -0.25) is 4.79 Å². The lowest BCUT2D eigenvalue weighted by molar-refractivity contribution is -0.131. The van der Waals surface area contributed by atoms with Crippen molar-refractivity contribution in [2.45, 2.75) is 44.9 Å². The third-order valence-electron chi connectivity index (χ3n) is 3.49. The first-order valence-electron chi connectivity index (χ1n) is 7.71. The number of hydrogen-bond donors (Lipinski definition) is 1. The van der Waals surface area contributed by atoms with Gasteiger partial charge >= 0.3 is 0 Å². The van der Waals surface area contributed by atoms with Crippen LogP contribution in [0.25, 0.3) is 11.4 Å². The van der Waals surface area contributed by atoms with Gasteiger partial charge in [-0.25, -0.2) is 9.07 Å². The Labute approximate surface area is 145 Å².